The minimum absolute atomic E-state index is 0.0100. The Morgan fingerprint density at radius 3 is 2.47 bits per heavy atom. The lowest BCUT2D eigenvalue weighted by Crippen LogP contribution is -2.23. The van der Waals surface area contributed by atoms with Gasteiger partial charge in [-0.05, 0) is 13.0 Å². The van der Waals surface area contributed by atoms with E-state index in [1.807, 2.05) is 0 Å². The van der Waals surface area contributed by atoms with E-state index in [-0.39, 0.29) is 17.9 Å². The summed E-state index contributed by atoms with van der Waals surface area (Å²) in [6.45, 7) is 1.43. The molecule has 2 aromatic rings. The molecule has 0 radical (unpaired) electrons. The van der Waals surface area contributed by atoms with E-state index < -0.39 is 0 Å². The lowest BCUT2D eigenvalue weighted by atomic mass is 10.2. The fourth-order valence-corrected chi connectivity index (χ4v) is 1.84. The highest BCUT2D eigenvalue weighted by Crippen LogP contribution is 2.29. The lowest BCUT2D eigenvalue weighted by molar-refractivity contribution is -0.117. The Labute approximate surface area is 109 Å². The van der Waals surface area contributed by atoms with E-state index in [1.54, 1.807) is 12.1 Å². The highest BCUT2D eigenvalue weighted by molar-refractivity contribution is 5.82. The first-order valence-corrected chi connectivity index (χ1v) is 5.67. The van der Waals surface area contributed by atoms with Crippen molar-refractivity contribution >= 4 is 16.7 Å². The average Bonchev–Trinajstić information content (AvgIpc) is 2.40. The molecule has 0 atom stereocenters. The molecule has 1 heterocycles. The maximum absolute atomic E-state index is 12.2. The number of hydrogen-bond donors (Lipinski definition) is 0. The van der Waals surface area contributed by atoms with Crippen molar-refractivity contribution in [2.24, 2.45) is 0 Å². The summed E-state index contributed by atoms with van der Waals surface area (Å²) in [6, 6.07) is 3.20. The summed E-state index contributed by atoms with van der Waals surface area (Å²) in [5, 5.41) is 0.390. The molecule has 0 unspecified atom stereocenters. The average molecular weight is 262 g/mol. The molecule has 0 fully saturated rings. The summed E-state index contributed by atoms with van der Waals surface area (Å²) < 4.78 is 11.6. The third-order valence-electron chi connectivity index (χ3n) is 2.72. The van der Waals surface area contributed by atoms with E-state index in [0.717, 1.165) is 0 Å². The Morgan fingerprint density at radius 1 is 1.26 bits per heavy atom. The highest BCUT2D eigenvalue weighted by Gasteiger charge is 2.11. The molecule has 0 aliphatic heterocycles. The topological polar surface area (TPSA) is 70.4 Å². The zero-order chi connectivity index (χ0) is 14.0. The van der Waals surface area contributed by atoms with Crippen molar-refractivity contribution < 1.29 is 14.3 Å². The van der Waals surface area contributed by atoms with Crippen LogP contribution in [0.4, 0.5) is 0 Å². The van der Waals surface area contributed by atoms with Crippen LogP contribution in [0.15, 0.2) is 23.3 Å². The molecule has 0 amide bonds. The van der Waals surface area contributed by atoms with Gasteiger partial charge in [-0.3, -0.25) is 14.2 Å². The van der Waals surface area contributed by atoms with Gasteiger partial charge in [0.2, 0.25) is 0 Å². The second-order valence-corrected chi connectivity index (χ2v) is 4.10. The molecule has 0 aliphatic rings. The molecule has 0 bridgehead atoms. The van der Waals surface area contributed by atoms with E-state index in [0.29, 0.717) is 22.4 Å². The quantitative estimate of drug-likeness (QED) is 0.822. The molecule has 6 nitrogen and oxygen atoms in total. The maximum Gasteiger partial charge on any atom is 0.261 e. The summed E-state index contributed by atoms with van der Waals surface area (Å²) in [7, 11) is 3.01. The molecule has 1 aromatic heterocycles. The number of nitrogens with zero attached hydrogens (tertiary/aromatic N) is 2. The summed E-state index contributed by atoms with van der Waals surface area (Å²) in [5.74, 6) is 0.851. The van der Waals surface area contributed by atoms with Crippen LogP contribution in [0.25, 0.3) is 10.9 Å². The Hall–Kier alpha value is -2.37. The second-order valence-electron chi connectivity index (χ2n) is 4.10. The molecule has 6 heteroatoms. The Kier molecular flexibility index (Phi) is 3.50. The molecule has 19 heavy (non-hydrogen) atoms. The van der Waals surface area contributed by atoms with Crippen LogP contribution in [0.3, 0.4) is 0 Å². The molecule has 0 saturated heterocycles. The van der Waals surface area contributed by atoms with Gasteiger partial charge in [-0.2, -0.15) is 0 Å². The van der Waals surface area contributed by atoms with Crippen molar-refractivity contribution in [2.75, 3.05) is 14.2 Å². The van der Waals surface area contributed by atoms with Gasteiger partial charge in [0.15, 0.2) is 11.5 Å². The molecule has 0 aliphatic carbocycles. The number of rotatable bonds is 4. The van der Waals surface area contributed by atoms with Crippen LogP contribution in [0, 0.1) is 0 Å². The van der Waals surface area contributed by atoms with Crippen molar-refractivity contribution in [3.63, 3.8) is 0 Å². The van der Waals surface area contributed by atoms with E-state index in [2.05, 4.69) is 4.98 Å². The summed E-state index contributed by atoms with van der Waals surface area (Å²) in [6.07, 6.45) is 1.36. The van der Waals surface area contributed by atoms with Crippen molar-refractivity contribution in [1.29, 1.82) is 0 Å². The van der Waals surface area contributed by atoms with Crippen LogP contribution in [0.2, 0.25) is 0 Å². The summed E-state index contributed by atoms with van der Waals surface area (Å²) in [4.78, 5) is 27.5. The minimum atomic E-state index is -0.277. The Morgan fingerprint density at radius 2 is 1.89 bits per heavy atom. The molecule has 0 N–H and O–H groups in total. The van der Waals surface area contributed by atoms with Crippen molar-refractivity contribution in [2.45, 2.75) is 13.5 Å². The predicted molar refractivity (Wildman–Crippen MR) is 69.8 cm³/mol. The highest BCUT2D eigenvalue weighted by atomic mass is 16.5. The van der Waals surface area contributed by atoms with Crippen LogP contribution in [-0.4, -0.2) is 29.6 Å². The number of carbonyl (C=O) groups is 1. The van der Waals surface area contributed by atoms with E-state index >= 15 is 0 Å². The zero-order valence-corrected chi connectivity index (χ0v) is 11.0. The van der Waals surface area contributed by atoms with Gasteiger partial charge >= 0.3 is 0 Å². The third kappa shape index (κ3) is 2.42. The smallest absolute Gasteiger partial charge is 0.261 e. The first-order valence-electron chi connectivity index (χ1n) is 5.67. The van der Waals surface area contributed by atoms with E-state index in [1.165, 1.54) is 32.0 Å². The maximum atomic E-state index is 12.2. The monoisotopic (exact) mass is 262 g/mol. The third-order valence-corrected chi connectivity index (χ3v) is 2.72. The molecule has 0 saturated carbocycles. The minimum Gasteiger partial charge on any atom is -0.493 e. The number of hydrogen-bond acceptors (Lipinski definition) is 5. The first-order chi connectivity index (χ1) is 9.06. The Balaban J connectivity index is 2.68. The predicted octanol–water partition coefficient (Wildman–Crippen LogP) is 1.00. The molecule has 1 aromatic carbocycles. The molecule has 100 valence electrons. The van der Waals surface area contributed by atoms with Gasteiger partial charge < -0.3 is 9.47 Å². The Bertz CT molecular complexity index is 691. The summed E-state index contributed by atoms with van der Waals surface area (Å²) >= 11 is 0. The fraction of sp³-hybridized carbons (Fsp3) is 0.308. The van der Waals surface area contributed by atoms with Crippen molar-refractivity contribution in [3.8, 4) is 11.5 Å². The van der Waals surface area contributed by atoms with Gasteiger partial charge in [-0.25, -0.2) is 4.98 Å². The van der Waals surface area contributed by atoms with Gasteiger partial charge in [0.05, 0.1) is 38.0 Å². The SMILES string of the molecule is COc1cc2ncn(CC(C)=O)c(=O)c2cc1OC. The zero-order valence-electron chi connectivity index (χ0n) is 11.0. The van der Waals surface area contributed by atoms with Crippen molar-refractivity contribution in [3.05, 3.63) is 28.8 Å². The van der Waals surface area contributed by atoms with E-state index in [9.17, 15) is 9.59 Å². The summed E-state index contributed by atoms with van der Waals surface area (Å²) in [5.41, 5.74) is 0.226. The normalized spacial score (nSPS) is 10.5. The number of aromatic nitrogens is 2. The van der Waals surface area contributed by atoms with E-state index in [4.69, 9.17) is 9.47 Å². The van der Waals surface area contributed by atoms with Gasteiger partial charge in [-0.1, -0.05) is 0 Å². The number of methoxy groups -OCH3 is 2. The standard InChI is InChI=1S/C13H14N2O4/c1-8(16)6-15-7-14-10-5-12(19-3)11(18-2)4-9(10)13(15)17/h4-5,7H,6H2,1-3H3. The number of benzene rings is 1. The van der Waals surface area contributed by atoms with Gasteiger partial charge in [0, 0.05) is 6.07 Å². The molecular weight excluding hydrogens is 248 g/mol. The van der Waals surface area contributed by atoms with Gasteiger partial charge in [0.25, 0.3) is 5.56 Å². The molecular formula is C13H14N2O4. The fourth-order valence-electron chi connectivity index (χ4n) is 1.84. The van der Waals surface area contributed by atoms with Gasteiger partial charge in [-0.15, -0.1) is 0 Å². The number of ether oxygens (including phenoxy) is 2. The van der Waals surface area contributed by atoms with Gasteiger partial charge in [0.1, 0.15) is 5.78 Å². The van der Waals surface area contributed by atoms with Crippen LogP contribution in [-0.2, 0) is 11.3 Å². The number of fused-ring (bicyclic) bond motifs is 1. The van der Waals surface area contributed by atoms with Crippen molar-refractivity contribution in [1.82, 2.24) is 9.55 Å². The lowest BCUT2D eigenvalue weighted by Gasteiger charge is -2.09. The molecule has 0 spiro atoms. The number of ketones is 1. The first kappa shape index (κ1) is 13.1. The second kappa shape index (κ2) is 5.09. The largest absolute Gasteiger partial charge is 0.493 e. The molecule has 2 rings (SSSR count). The number of Topliss-reactive ketones (excluding diaryl/α,β-unsaturated/α-hetero) is 1. The van der Waals surface area contributed by atoms with Crippen LogP contribution >= 0.6 is 0 Å². The van der Waals surface area contributed by atoms with Crippen LogP contribution in [0.1, 0.15) is 6.92 Å². The van der Waals surface area contributed by atoms with Crippen LogP contribution < -0.4 is 15.0 Å². The van der Waals surface area contributed by atoms with Crippen LogP contribution in [0.5, 0.6) is 11.5 Å². The number of carbonyl (C=O) groups excluding carboxylic acids is 1.